The van der Waals surface area contributed by atoms with Gasteiger partial charge in [0, 0.05) is 18.2 Å². The molecule has 154 valence electrons. The van der Waals surface area contributed by atoms with Crippen molar-refractivity contribution < 1.29 is 4.79 Å². The molecule has 26 heavy (non-hydrogen) atoms. The molecule has 0 bridgehead atoms. The van der Waals surface area contributed by atoms with Crippen LogP contribution >= 0.6 is 11.8 Å². The largest absolute Gasteiger partial charge is 0.355 e. The second-order valence-electron chi connectivity index (χ2n) is 7.87. The molecular formula is C22H44N2OS. The van der Waals surface area contributed by atoms with Crippen LogP contribution in [0.15, 0.2) is 0 Å². The van der Waals surface area contributed by atoms with Gasteiger partial charge < -0.3 is 5.32 Å². The van der Waals surface area contributed by atoms with E-state index < -0.39 is 0 Å². The van der Waals surface area contributed by atoms with Gasteiger partial charge in [-0.3, -0.25) is 10.1 Å². The highest BCUT2D eigenvalue weighted by Gasteiger charge is 2.21. The summed E-state index contributed by atoms with van der Waals surface area (Å²) in [6.07, 6.45) is 22.2. The molecule has 0 aromatic heterocycles. The molecule has 0 aromatic rings. The maximum absolute atomic E-state index is 11.8. The zero-order chi connectivity index (χ0) is 18.7. The average molecular weight is 385 g/mol. The van der Waals surface area contributed by atoms with E-state index in [1.807, 2.05) is 0 Å². The molecule has 1 heterocycles. The standard InChI is InChI=1S/C22H44N2OS/c1-2-3-4-5-6-7-8-9-10-11-12-13-14-15-16-17-18-23-22(25)21-19-26-20-24-21/h21,24H,2-20H2,1H3,(H,23,25). The van der Waals surface area contributed by atoms with Gasteiger partial charge in [0.25, 0.3) is 0 Å². The minimum atomic E-state index is 0.0426. The van der Waals surface area contributed by atoms with Crippen molar-refractivity contribution >= 4 is 17.7 Å². The molecule has 0 aliphatic carbocycles. The van der Waals surface area contributed by atoms with Gasteiger partial charge in [0.05, 0.1) is 6.04 Å². The molecule has 1 unspecified atom stereocenters. The predicted octanol–water partition coefficient (Wildman–Crippen LogP) is 6.03. The molecule has 1 rings (SSSR count). The topological polar surface area (TPSA) is 41.1 Å². The second-order valence-corrected chi connectivity index (χ2v) is 8.90. The van der Waals surface area contributed by atoms with Gasteiger partial charge in [-0.05, 0) is 6.42 Å². The van der Waals surface area contributed by atoms with Gasteiger partial charge in [-0.1, -0.05) is 103 Å². The third kappa shape index (κ3) is 13.9. The van der Waals surface area contributed by atoms with Crippen LogP contribution in [0.1, 0.15) is 110 Å². The molecule has 0 saturated carbocycles. The SMILES string of the molecule is CCCCCCCCCCCCCCCCCCNC(=O)C1CSCN1. The molecule has 1 amide bonds. The predicted molar refractivity (Wildman–Crippen MR) is 117 cm³/mol. The molecule has 1 aliphatic rings. The summed E-state index contributed by atoms with van der Waals surface area (Å²) in [5.41, 5.74) is 0. The monoisotopic (exact) mass is 384 g/mol. The Kier molecular flexibility index (Phi) is 16.6. The molecule has 4 heteroatoms. The Hall–Kier alpha value is -0.220. The summed E-state index contributed by atoms with van der Waals surface area (Å²) in [5.74, 6) is 2.03. The van der Waals surface area contributed by atoms with Gasteiger partial charge in [-0.2, -0.15) is 0 Å². The van der Waals surface area contributed by atoms with Crippen LogP contribution in [-0.4, -0.2) is 30.1 Å². The first-order chi connectivity index (χ1) is 12.8. The summed E-state index contributed by atoms with van der Waals surface area (Å²) in [5, 5.41) is 6.27. The first-order valence-electron chi connectivity index (χ1n) is 11.4. The van der Waals surface area contributed by atoms with Crippen LogP contribution in [0.25, 0.3) is 0 Å². The van der Waals surface area contributed by atoms with E-state index in [4.69, 9.17) is 0 Å². The van der Waals surface area contributed by atoms with Gasteiger partial charge in [0.15, 0.2) is 0 Å². The fourth-order valence-corrected chi connectivity index (χ4v) is 4.51. The molecule has 0 radical (unpaired) electrons. The fourth-order valence-electron chi connectivity index (χ4n) is 3.57. The molecule has 1 saturated heterocycles. The lowest BCUT2D eigenvalue weighted by molar-refractivity contribution is -0.122. The van der Waals surface area contributed by atoms with E-state index in [9.17, 15) is 4.79 Å². The van der Waals surface area contributed by atoms with Crippen LogP contribution in [0.2, 0.25) is 0 Å². The zero-order valence-electron chi connectivity index (χ0n) is 17.3. The molecule has 2 N–H and O–H groups in total. The highest BCUT2D eigenvalue weighted by atomic mass is 32.2. The summed E-state index contributed by atoms with van der Waals surface area (Å²) in [6, 6.07) is 0.0426. The molecule has 0 spiro atoms. The van der Waals surface area contributed by atoms with Crippen molar-refractivity contribution in [3.63, 3.8) is 0 Å². The number of thioether (sulfide) groups is 1. The Labute approximate surface area is 167 Å². The van der Waals surface area contributed by atoms with Crippen LogP contribution in [0.5, 0.6) is 0 Å². The number of carbonyl (C=O) groups excluding carboxylic acids is 1. The third-order valence-electron chi connectivity index (χ3n) is 5.36. The lowest BCUT2D eigenvalue weighted by atomic mass is 10.0. The maximum atomic E-state index is 11.8. The molecule has 1 atom stereocenters. The van der Waals surface area contributed by atoms with Crippen molar-refractivity contribution in [2.75, 3.05) is 18.2 Å². The van der Waals surface area contributed by atoms with Gasteiger partial charge in [0.1, 0.15) is 0 Å². The summed E-state index contributed by atoms with van der Waals surface area (Å²) in [4.78, 5) is 11.8. The van der Waals surface area contributed by atoms with E-state index >= 15 is 0 Å². The van der Waals surface area contributed by atoms with Crippen molar-refractivity contribution in [1.29, 1.82) is 0 Å². The summed E-state index contributed by atoms with van der Waals surface area (Å²) in [6.45, 7) is 3.13. The summed E-state index contributed by atoms with van der Waals surface area (Å²) < 4.78 is 0. The van der Waals surface area contributed by atoms with Gasteiger partial charge in [-0.25, -0.2) is 0 Å². The van der Waals surface area contributed by atoms with Crippen molar-refractivity contribution in [3.8, 4) is 0 Å². The van der Waals surface area contributed by atoms with Crippen molar-refractivity contribution in [2.24, 2.45) is 0 Å². The number of rotatable bonds is 18. The second kappa shape index (κ2) is 18.2. The van der Waals surface area contributed by atoms with Crippen LogP contribution in [0, 0.1) is 0 Å². The van der Waals surface area contributed by atoms with Crippen LogP contribution in [-0.2, 0) is 4.79 Å². The number of nitrogens with one attached hydrogen (secondary N) is 2. The van der Waals surface area contributed by atoms with Gasteiger partial charge in [-0.15, -0.1) is 11.8 Å². The number of hydrogen-bond donors (Lipinski definition) is 2. The van der Waals surface area contributed by atoms with Crippen LogP contribution in [0.3, 0.4) is 0 Å². The fraction of sp³-hybridized carbons (Fsp3) is 0.955. The van der Waals surface area contributed by atoms with Crippen molar-refractivity contribution in [2.45, 2.75) is 116 Å². The first-order valence-corrected chi connectivity index (χ1v) is 12.6. The normalized spacial score (nSPS) is 16.9. The van der Waals surface area contributed by atoms with E-state index in [2.05, 4.69) is 17.6 Å². The minimum absolute atomic E-state index is 0.0426. The molecule has 1 aliphatic heterocycles. The average Bonchev–Trinajstić information content (AvgIpc) is 3.19. The van der Waals surface area contributed by atoms with Gasteiger partial charge >= 0.3 is 0 Å². The Balaban J connectivity index is 1.69. The highest BCUT2D eigenvalue weighted by molar-refractivity contribution is 7.99. The first kappa shape index (κ1) is 23.8. The Morgan fingerprint density at radius 1 is 0.808 bits per heavy atom. The third-order valence-corrected chi connectivity index (χ3v) is 6.30. The molecular weight excluding hydrogens is 340 g/mol. The zero-order valence-corrected chi connectivity index (χ0v) is 18.1. The maximum Gasteiger partial charge on any atom is 0.238 e. The Bertz CT molecular complexity index is 319. The Morgan fingerprint density at radius 2 is 1.27 bits per heavy atom. The molecule has 1 fully saturated rings. The lowest BCUT2D eigenvalue weighted by Crippen LogP contribution is -2.42. The quantitative estimate of drug-likeness (QED) is 0.284. The summed E-state index contributed by atoms with van der Waals surface area (Å²) >= 11 is 1.80. The number of unbranched alkanes of at least 4 members (excludes halogenated alkanes) is 15. The van der Waals surface area contributed by atoms with E-state index in [1.54, 1.807) is 11.8 Å². The van der Waals surface area contributed by atoms with Gasteiger partial charge in [0.2, 0.25) is 5.91 Å². The minimum Gasteiger partial charge on any atom is -0.355 e. The Morgan fingerprint density at radius 3 is 1.69 bits per heavy atom. The highest BCUT2D eigenvalue weighted by Crippen LogP contribution is 2.13. The van der Waals surface area contributed by atoms with E-state index in [1.165, 1.54) is 96.3 Å². The van der Waals surface area contributed by atoms with Crippen molar-refractivity contribution in [3.05, 3.63) is 0 Å². The number of amides is 1. The lowest BCUT2D eigenvalue weighted by Gasteiger charge is -2.10. The van der Waals surface area contributed by atoms with E-state index in [-0.39, 0.29) is 11.9 Å². The smallest absolute Gasteiger partial charge is 0.238 e. The summed E-state index contributed by atoms with van der Waals surface area (Å²) in [7, 11) is 0. The molecule has 0 aromatic carbocycles. The van der Waals surface area contributed by atoms with E-state index in [0.29, 0.717) is 0 Å². The number of hydrogen-bond acceptors (Lipinski definition) is 3. The van der Waals surface area contributed by atoms with Crippen molar-refractivity contribution in [1.82, 2.24) is 10.6 Å². The molecule has 3 nitrogen and oxygen atoms in total. The number of carbonyl (C=O) groups is 1. The van der Waals surface area contributed by atoms with Crippen LogP contribution in [0.4, 0.5) is 0 Å². The van der Waals surface area contributed by atoms with Crippen LogP contribution < -0.4 is 10.6 Å². The van der Waals surface area contributed by atoms with E-state index in [0.717, 1.165) is 24.6 Å².